The molecular formula is C64H64O2S2. The van der Waals surface area contributed by atoms with Crippen LogP contribution in [0.5, 0.6) is 0 Å². The van der Waals surface area contributed by atoms with E-state index in [1.807, 2.05) is 46.9 Å². The van der Waals surface area contributed by atoms with Crippen molar-refractivity contribution in [1.82, 2.24) is 0 Å². The van der Waals surface area contributed by atoms with E-state index in [0.717, 1.165) is 22.3 Å². The lowest BCUT2D eigenvalue weighted by molar-refractivity contribution is 0.587. The van der Waals surface area contributed by atoms with Gasteiger partial charge in [0.15, 0.2) is 0 Å². The average molecular weight is 929 g/mol. The van der Waals surface area contributed by atoms with E-state index in [2.05, 4.69) is 229 Å². The fourth-order valence-corrected chi connectivity index (χ4v) is 11.0. The Bertz CT molecular complexity index is 3470. The summed E-state index contributed by atoms with van der Waals surface area (Å²) in [6.07, 6.45) is 0. The normalized spacial score (nSPS) is 12.4. The van der Waals surface area contributed by atoms with Gasteiger partial charge in [0, 0.05) is 61.9 Å². The van der Waals surface area contributed by atoms with Crippen LogP contribution in [0.2, 0.25) is 0 Å². The minimum absolute atomic E-state index is 0.160. The first-order valence-electron chi connectivity index (χ1n) is 23.9. The van der Waals surface area contributed by atoms with E-state index in [4.69, 9.17) is 8.83 Å². The molecule has 0 fully saturated rings. The molecule has 8 aromatic carbocycles. The summed E-state index contributed by atoms with van der Waals surface area (Å²) in [4.78, 5) is 0. The van der Waals surface area contributed by atoms with Crippen molar-refractivity contribution in [3.05, 3.63) is 192 Å². The highest BCUT2D eigenvalue weighted by Crippen LogP contribution is 2.39. The topological polar surface area (TPSA) is 26.3 Å². The van der Waals surface area contributed by atoms with Crippen molar-refractivity contribution in [2.45, 2.75) is 105 Å². The van der Waals surface area contributed by atoms with E-state index >= 15 is 0 Å². The fourth-order valence-electron chi connectivity index (χ4n) is 8.77. The van der Waals surface area contributed by atoms with Gasteiger partial charge in [-0.3, -0.25) is 0 Å². The lowest BCUT2D eigenvalue weighted by Crippen LogP contribution is -2.10. The van der Waals surface area contributed by atoms with Crippen LogP contribution in [0.25, 0.3) is 84.2 Å². The molecule has 4 heteroatoms. The lowest BCUT2D eigenvalue weighted by Gasteiger charge is -2.18. The quantitative estimate of drug-likeness (QED) is 0.151. The molecule has 0 N–H and O–H groups in total. The minimum atomic E-state index is 0.160. The smallest absolute Gasteiger partial charge is 0.135 e. The average Bonchev–Trinajstić information content (AvgIpc) is 4.07. The summed E-state index contributed by atoms with van der Waals surface area (Å²) >= 11 is 3.77. The molecule has 0 aliphatic heterocycles. The predicted octanol–water partition coefficient (Wildman–Crippen LogP) is 20.5. The van der Waals surface area contributed by atoms with Gasteiger partial charge < -0.3 is 8.83 Å². The molecule has 2 nitrogen and oxygen atoms in total. The Hall–Kier alpha value is -6.20. The number of hydrogen-bond donors (Lipinski definition) is 0. The van der Waals surface area contributed by atoms with Gasteiger partial charge in [0.25, 0.3) is 0 Å². The molecule has 12 rings (SSSR count). The highest BCUT2D eigenvalue weighted by molar-refractivity contribution is 7.26. The first kappa shape index (κ1) is 46.9. The second-order valence-corrected chi connectivity index (χ2v) is 24.4. The molecular weight excluding hydrogens is 865 g/mol. The van der Waals surface area contributed by atoms with Crippen LogP contribution < -0.4 is 0 Å². The maximum absolute atomic E-state index is 5.89. The molecule has 0 spiro atoms. The van der Waals surface area contributed by atoms with Gasteiger partial charge in [0.2, 0.25) is 0 Å². The Kier molecular flexibility index (Phi) is 12.4. The van der Waals surface area contributed by atoms with E-state index < -0.39 is 0 Å². The number of furan rings is 2. The van der Waals surface area contributed by atoms with Crippen LogP contribution in [-0.2, 0) is 21.7 Å². The van der Waals surface area contributed by atoms with Crippen LogP contribution in [0.4, 0.5) is 0 Å². The van der Waals surface area contributed by atoms with E-state index in [1.54, 1.807) is 0 Å². The van der Waals surface area contributed by atoms with Gasteiger partial charge in [-0.05, 0) is 105 Å². The Labute approximate surface area is 410 Å². The molecule has 0 saturated heterocycles. The van der Waals surface area contributed by atoms with Crippen molar-refractivity contribution in [2.75, 3.05) is 0 Å². The van der Waals surface area contributed by atoms with Crippen molar-refractivity contribution in [3.8, 4) is 0 Å². The minimum Gasteiger partial charge on any atom is -0.456 e. The molecule has 0 bridgehead atoms. The van der Waals surface area contributed by atoms with Crippen molar-refractivity contribution in [2.24, 2.45) is 0 Å². The van der Waals surface area contributed by atoms with Gasteiger partial charge in [-0.1, -0.05) is 192 Å². The van der Waals surface area contributed by atoms with Gasteiger partial charge in [-0.25, -0.2) is 0 Å². The third kappa shape index (κ3) is 9.73. The molecule has 344 valence electrons. The SMILES string of the molecule is CC(C)(C)c1ccc2c(c1)oc1ccccc12.CC(C)(C)c1ccc2c(c1)sc1ccccc12.CC(C)(C)c1ccc2oc3ccccc3c2c1.CC(C)(C)c1ccc2sc3ccccc3c2c1. The van der Waals surface area contributed by atoms with Gasteiger partial charge in [-0.2, -0.15) is 0 Å². The Balaban J connectivity index is 0.000000113. The Morgan fingerprint density at radius 3 is 1.16 bits per heavy atom. The highest BCUT2D eigenvalue weighted by atomic mass is 32.1. The molecule has 0 amide bonds. The summed E-state index contributed by atoms with van der Waals surface area (Å²) in [5, 5.41) is 10.4. The number of hydrogen-bond acceptors (Lipinski definition) is 4. The zero-order chi connectivity index (χ0) is 48.2. The lowest BCUT2D eigenvalue weighted by atomic mass is 9.86. The van der Waals surface area contributed by atoms with E-state index in [1.165, 1.54) is 84.1 Å². The summed E-state index contributed by atoms with van der Waals surface area (Å²) in [5.74, 6) is 0. The van der Waals surface area contributed by atoms with E-state index in [-0.39, 0.29) is 21.7 Å². The first-order chi connectivity index (χ1) is 32.2. The van der Waals surface area contributed by atoms with Crippen LogP contribution in [0.3, 0.4) is 0 Å². The number of para-hydroxylation sites is 2. The van der Waals surface area contributed by atoms with Crippen LogP contribution in [0, 0.1) is 0 Å². The second kappa shape index (κ2) is 18.0. The van der Waals surface area contributed by atoms with Crippen molar-refractivity contribution in [1.29, 1.82) is 0 Å². The molecule has 68 heavy (non-hydrogen) atoms. The summed E-state index contributed by atoms with van der Waals surface area (Å²) in [7, 11) is 0. The molecule has 0 aliphatic carbocycles. The third-order valence-electron chi connectivity index (χ3n) is 13.0. The molecule has 4 heterocycles. The number of rotatable bonds is 0. The number of fused-ring (bicyclic) bond motifs is 12. The zero-order valence-corrected chi connectivity index (χ0v) is 43.4. The van der Waals surface area contributed by atoms with Crippen LogP contribution >= 0.6 is 22.7 Å². The summed E-state index contributed by atoms with van der Waals surface area (Å²) in [5.41, 5.74) is 10.1. The second-order valence-electron chi connectivity index (χ2n) is 22.2. The van der Waals surface area contributed by atoms with Crippen LogP contribution in [-0.4, -0.2) is 0 Å². The molecule has 0 radical (unpaired) electrons. The number of benzene rings is 8. The molecule has 0 atom stereocenters. The first-order valence-corrected chi connectivity index (χ1v) is 25.5. The maximum Gasteiger partial charge on any atom is 0.135 e. The summed E-state index contributed by atoms with van der Waals surface area (Å²) < 4.78 is 17.3. The number of thiophene rings is 2. The largest absolute Gasteiger partial charge is 0.456 e. The van der Waals surface area contributed by atoms with Crippen molar-refractivity contribution >= 4 is 107 Å². The standard InChI is InChI=1S/2C16H16O.2C16H16S/c1-16(2,3)11-8-9-15-13(10-11)12-6-4-5-7-14(12)17-15;1-16(2,3)11-8-9-13-12-6-4-5-7-14(12)17-15(13)10-11;1-16(2,3)11-8-9-15-13(10-11)12-6-4-5-7-14(12)17-15;1-16(2,3)11-8-9-13-12-6-4-5-7-14(12)17-15(13)10-11/h4*4-10H,1-3H3. The van der Waals surface area contributed by atoms with Crippen molar-refractivity contribution in [3.63, 3.8) is 0 Å². The van der Waals surface area contributed by atoms with Gasteiger partial charge in [0.1, 0.15) is 22.3 Å². The van der Waals surface area contributed by atoms with Gasteiger partial charge in [0.05, 0.1) is 0 Å². The summed E-state index contributed by atoms with van der Waals surface area (Å²) in [6.45, 7) is 27.0. The van der Waals surface area contributed by atoms with Crippen LogP contribution in [0.15, 0.2) is 179 Å². The zero-order valence-electron chi connectivity index (χ0n) is 41.8. The predicted molar refractivity (Wildman–Crippen MR) is 301 cm³/mol. The fraction of sp³-hybridized carbons (Fsp3) is 0.250. The molecule has 0 saturated carbocycles. The van der Waals surface area contributed by atoms with E-state index in [0.29, 0.717) is 0 Å². The highest BCUT2D eigenvalue weighted by Gasteiger charge is 2.19. The van der Waals surface area contributed by atoms with Gasteiger partial charge in [-0.15, -0.1) is 22.7 Å². The molecule has 4 aromatic heterocycles. The molecule has 0 aliphatic rings. The Morgan fingerprint density at radius 2 is 0.588 bits per heavy atom. The van der Waals surface area contributed by atoms with Gasteiger partial charge >= 0.3 is 0 Å². The van der Waals surface area contributed by atoms with E-state index in [9.17, 15) is 0 Å². The molecule has 12 aromatic rings. The summed E-state index contributed by atoms with van der Waals surface area (Å²) in [6, 6.07) is 60.5. The molecule has 0 unspecified atom stereocenters. The Morgan fingerprint density at radius 1 is 0.250 bits per heavy atom. The third-order valence-corrected chi connectivity index (χ3v) is 15.3. The van der Waals surface area contributed by atoms with Crippen LogP contribution in [0.1, 0.15) is 105 Å². The monoisotopic (exact) mass is 928 g/mol. The van der Waals surface area contributed by atoms with Crippen molar-refractivity contribution < 1.29 is 8.83 Å². The maximum atomic E-state index is 5.89.